The molecule has 0 aliphatic carbocycles. The summed E-state index contributed by atoms with van der Waals surface area (Å²) in [7, 11) is 0. The normalized spacial score (nSPS) is 16.2. The highest BCUT2D eigenvalue weighted by Gasteiger charge is 2.25. The maximum absolute atomic E-state index is 13.7. The average Bonchev–Trinajstić information content (AvgIpc) is 2.59. The molecule has 0 unspecified atom stereocenters. The largest absolute Gasteiger partial charge is 0.326 e. The van der Waals surface area contributed by atoms with Crippen molar-refractivity contribution in [3.05, 3.63) is 64.1 Å². The van der Waals surface area contributed by atoms with Gasteiger partial charge in [-0.15, -0.1) is 0 Å². The Morgan fingerprint density at radius 1 is 1.29 bits per heavy atom. The van der Waals surface area contributed by atoms with E-state index in [-0.39, 0.29) is 29.5 Å². The van der Waals surface area contributed by atoms with Crippen LogP contribution < -0.4 is 5.56 Å². The number of nitrogens with zero attached hydrogens (tertiary/aromatic N) is 2. The molecule has 2 aromatic rings. The molecule has 3 rings (SSSR count). The summed E-state index contributed by atoms with van der Waals surface area (Å²) in [5.74, 6) is -0.268. The highest BCUT2D eigenvalue weighted by atomic mass is 19.1. The molecule has 0 radical (unpaired) electrons. The number of Topliss-reactive ketones (excluding diaryl/α,β-unsaturated/α-hetero) is 1. The topological polar surface area (TPSA) is 66.1 Å². The Labute approximate surface area is 139 Å². The Morgan fingerprint density at radius 3 is 2.75 bits per heavy atom. The lowest BCUT2D eigenvalue weighted by molar-refractivity contribution is -0.123. The van der Waals surface area contributed by atoms with E-state index in [0.29, 0.717) is 17.8 Å². The van der Waals surface area contributed by atoms with E-state index in [0.717, 1.165) is 25.9 Å². The molecule has 126 valence electrons. The van der Waals surface area contributed by atoms with Gasteiger partial charge in [0.25, 0.3) is 5.56 Å². The van der Waals surface area contributed by atoms with Crippen LogP contribution in [0.2, 0.25) is 0 Å². The summed E-state index contributed by atoms with van der Waals surface area (Å²) in [6.07, 6.45) is 4.70. The van der Waals surface area contributed by atoms with Gasteiger partial charge in [0.15, 0.2) is 0 Å². The number of H-pyrrole nitrogens is 1. The van der Waals surface area contributed by atoms with Gasteiger partial charge in [-0.05, 0) is 37.6 Å². The summed E-state index contributed by atoms with van der Waals surface area (Å²) in [6, 6.07) is 6.42. The number of carbonyl (C=O) groups excluding carboxylic acids is 1. The van der Waals surface area contributed by atoms with Crippen molar-refractivity contribution in [2.75, 3.05) is 13.1 Å². The molecule has 0 atom stereocenters. The highest BCUT2D eigenvalue weighted by Crippen LogP contribution is 2.21. The summed E-state index contributed by atoms with van der Waals surface area (Å²) < 4.78 is 13.7. The molecule has 0 spiro atoms. The van der Waals surface area contributed by atoms with E-state index in [1.807, 2.05) is 0 Å². The van der Waals surface area contributed by atoms with Crippen LogP contribution in [0.4, 0.5) is 4.39 Å². The molecule has 1 aromatic carbocycles. The Balaban J connectivity index is 1.53. The summed E-state index contributed by atoms with van der Waals surface area (Å²) in [5, 5.41) is 0. The Kier molecular flexibility index (Phi) is 5.15. The second kappa shape index (κ2) is 7.49. The van der Waals surface area contributed by atoms with Crippen LogP contribution >= 0.6 is 0 Å². The molecule has 1 fully saturated rings. The number of benzene rings is 1. The summed E-state index contributed by atoms with van der Waals surface area (Å²) in [6.45, 7) is 1.97. The van der Waals surface area contributed by atoms with Crippen molar-refractivity contribution in [1.82, 2.24) is 14.9 Å². The van der Waals surface area contributed by atoms with Crippen molar-refractivity contribution in [3.63, 3.8) is 0 Å². The van der Waals surface area contributed by atoms with Crippen LogP contribution in [0.5, 0.6) is 0 Å². The number of hydrogen-bond donors (Lipinski definition) is 1. The number of hydrogen-bond acceptors (Lipinski definition) is 4. The van der Waals surface area contributed by atoms with E-state index >= 15 is 0 Å². The van der Waals surface area contributed by atoms with Gasteiger partial charge < -0.3 is 4.98 Å². The van der Waals surface area contributed by atoms with Crippen LogP contribution in [0.3, 0.4) is 0 Å². The first-order valence-corrected chi connectivity index (χ1v) is 8.14. The van der Waals surface area contributed by atoms with E-state index in [2.05, 4.69) is 14.9 Å². The first-order valence-electron chi connectivity index (χ1n) is 8.14. The van der Waals surface area contributed by atoms with Crippen molar-refractivity contribution < 1.29 is 9.18 Å². The molecular weight excluding hydrogens is 309 g/mol. The summed E-state index contributed by atoms with van der Waals surface area (Å²) in [5.41, 5.74) is 0.786. The third kappa shape index (κ3) is 3.94. The van der Waals surface area contributed by atoms with E-state index in [1.165, 1.54) is 12.3 Å². The van der Waals surface area contributed by atoms with Gasteiger partial charge in [-0.25, -0.2) is 4.39 Å². The minimum atomic E-state index is -0.322. The lowest BCUT2D eigenvalue weighted by Gasteiger charge is -2.30. The third-order valence-electron chi connectivity index (χ3n) is 4.52. The van der Waals surface area contributed by atoms with Gasteiger partial charge in [-0.3, -0.25) is 19.5 Å². The van der Waals surface area contributed by atoms with Crippen LogP contribution in [0.25, 0.3) is 0 Å². The molecule has 1 N–H and O–H groups in total. The van der Waals surface area contributed by atoms with Crippen LogP contribution in [-0.4, -0.2) is 33.7 Å². The van der Waals surface area contributed by atoms with Gasteiger partial charge in [0.05, 0.1) is 0 Å². The fourth-order valence-electron chi connectivity index (χ4n) is 3.09. The lowest BCUT2D eigenvalue weighted by Crippen LogP contribution is -2.37. The second-order valence-corrected chi connectivity index (χ2v) is 6.15. The van der Waals surface area contributed by atoms with Crippen LogP contribution in [0.15, 0.2) is 41.5 Å². The van der Waals surface area contributed by atoms with Crippen molar-refractivity contribution in [2.45, 2.75) is 25.8 Å². The van der Waals surface area contributed by atoms with Crippen molar-refractivity contribution in [1.29, 1.82) is 0 Å². The predicted molar refractivity (Wildman–Crippen MR) is 88.0 cm³/mol. The first kappa shape index (κ1) is 16.5. The Hall–Kier alpha value is -2.34. The maximum atomic E-state index is 13.7. The number of carbonyl (C=O) groups is 1. The molecule has 0 bridgehead atoms. The Morgan fingerprint density at radius 2 is 2.04 bits per heavy atom. The van der Waals surface area contributed by atoms with Crippen LogP contribution in [-0.2, 0) is 17.8 Å². The molecule has 1 aliphatic rings. The minimum Gasteiger partial charge on any atom is -0.326 e. The third-order valence-corrected chi connectivity index (χ3v) is 4.52. The van der Waals surface area contributed by atoms with E-state index < -0.39 is 0 Å². The molecule has 6 heteroatoms. The summed E-state index contributed by atoms with van der Waals surface area (Å²) >= 11 is 0. The van der Waals surface area contributed by atoms with E-state index in [9.17, 15) is 14.0 Å². The van der Waals surface area contributed by atoms with Gasteiger partial charge in [0.2, 0.25) is 0 Å². The molecule has 0 amide bonds. The highest BCUT2D eigenvalue weighted by molar-refractivity contribution is 5.83. The van der Waals surface area contributed by atoms with Gasteiger partial charge in [-0.2, -0.15) is 0 Å². The molecule has 1 aromatic heterocycles. The zero-order chi connectivity index (χ0) is 16.9. The Bertz CT molecular complexity index is 767. The van der Waals surface area contributed by atoms with Gasteiger partial charge in [0.1, 0.15) is 17.3 Å². The quantitative estimate of drug-likeness (QED) is 0.910. The number of ketones is 1. The van der Waals surface area contributed by atoms with Gasteiger partial charge in [0, 0.05) is 31.3 Å². The second-order valence-electron chi connectivity index (χ2n) is 6.15. The SMILES string of the molecule is O=C(Cc1ccccc1F)C1CCN(Cc2ncc[nH]c2=O)CC1. The number of aromatic nitrogens is 2. The number of nitrogens with one attached hydrogen (secondary N) is 1. The zero-order valence-electron chi connectivity index (χ0n) is 13.4. The fraction of sp³-hybridized carbons (Fsp3) is 0.389. The minimum absolute atomic E-state index is 0.0390. The van der Waals surface area contributed by atoms with Crippen LogP contribution in [0.1, 0.15) is 24.1 Å². The molecule has 1 aliphatic heterocycles. The molecule has 2 heterocycles. The lowest BCUT2D eigenvalue weighted by atomic mass is 9.89. The molecule has 1 saturated heterocycles. The number of likely N-dealkylation sites (tertiary alicyclic amines) is 1. The standard InChI is InChI=1S/C18H20FN3O2/c19-15-4-2-1-3-14(15)11-17(23)13-5-9-22(10-6-13)12-16-18(24)21-8-7-20-16/h1-4,7-8,13H,5-6,9-12H2,(H,21,24). The molecule has 0 saturated carbocycles. The molecular formula is C18H20FN3O2. The zero-order valence-corrected chi connectivity index (χ0v) is 13.4. The van der Waals surface area contributed by atoms with Crippen molar-refractivity contribution in [3.8, 4) is 0 Å². The van der Waals surface area contributed by atoms with Crippen LogP contribution in [0, 0.1) is 11.7 Å². The summed E-state index contributed by atoms with van der Waals surface area (Å²) in [4.78, 5) is 32.9. The number of piperidine rings is 1. The van der Waals surface area contributed by atoms with E-state index in [1.54, 1.807) is 24.4 Å². The molecule has 5 nitrogen and oxygen atoms in total. The number of rotatable bonds is 5. The number of aromatic amines is 1. The smallest absolute Gasteiger partial charge is 0.270 e. The first-order chi connectivity index (χ1) is 11.6. The van der Waals surface area contributed by atoms with Gasteiger partial charge >= 0.3 is 0 Å². The monoisotopic (exact) mass is 329 g/mol. The van der Waals surface area contributed by atoms with Crippen molar-refractivity contribution in [2.24, 2.45) is 5.92 Å². The fourth-order valence-corrected chi connectivity index (χ4v) is 3.09. The van der Waals surface area contributed by atoms with Gasteiger partial charge in [-0.1, -0.05) is 18.2 Å². The van der Waals surface area contributed by atoms with E-state index in [4.69, 9.17) is 0 Å². The average molecular weight is 329 g/mol. The number of halogens is 1. The molecule has 24 heavy (non-hydrogen) atoms. The van der Waals surface area contributed by atoms with Crippen molar-refractivity contribution >= 4 is 5.78 Å². The predicted octanol–water partition coefficient (Wildman–Crippen LogP) is 1.93. The maximum Gasteiger partial charge on any atom is 0.270 e.